The van der Waals surface area contributed by atoms with E-state index in [2.05, 4.69) is 23.0 Å². The maximum atomic E-state index is 5.55. The maximum absolute atomic E-state index is 5.55. The molecule has 1 heterocycles. The minimum Gasteiger partial charge on any atom is -0.374 e. The van der Waals surface area contributed by atoms with Gasteiger partial charge in [-0.3, -0.25) is 4.98 Å². The third-order valence-electron chi connectivity index (χ3n) is 2.68. The molecule has 1 aliphatic carbocycles. The van der Waals surface area contributed by atoms with Crippen molar-refractivity contribution in [1.29, 1.82) is 0 Å². The molecule has 3 nitrogen and oxygen atoms in total. The summed E-state index contributed by atoms with van der Waals surface area (Å²) in [4.78, 5) is 6.47. The highest BCUT2D eigenvalue weighted by molar-refractivity contribution is 5.45. The lowest BCUT2D eigenvalue weighted by Crippen LogP contribution is -2.20. The van der Waals surface area contributed by atoms with Crippen LogP contribution in [0, 0.1) is 5.92 Å². The van der Waals surface area contributed by atoms with Gasteiger partial charge < -0.3 is 10.6 Å². The molecule has 3 heteroatoms. The van der Waals surface area contributed by atoms with E-state index in [0.717, 1.165) is 18.2 Å². The summed E-state index contributed by atoms with van der Waals surface area (Å²) in [7, 11) is 2.13. The number of nitrogens with zero attached hydrogens (tertiary/aromatic N) is 2. The monoisotopic (exact) mass is 191 g/mol. The Morgan fingerprint density at radius 1 is 1.57 bits per heavy atom. The van der Waals surface area contributed by atoms with E-state index in [0.29, 0.717) is 6.54 Å². The van der Waals surface area contributed by atoms with Gasteiger partial charge >= 0.3 is 0 Å². The zero-order valence-electron chi connectivity index (χ0n) is 8.61. The average Bonchev–Trinajstić information content (AvgIpc) is 3.02. The van der Waals surface area contributed by atoms with Gasteiger partial charge in [0.05, 0.1) is 5.69 Å². The first-order chi connectivity index (χ1) is 6.79. The molecule has 0 amide bonds. The first-order valence-electron chi connectivity index (χ1n) is 5.15. The van der Waals surface area contributed by atoms with Crippen LogP contribution >= 0.6 is 0 Å². The number of rotatable bonds is 4. The van der Waals surface area contributed by atoms with E-state index < -0.39 is 0 Å². The lowest BCUT2D eigenvalue weighted by Gasteiger charge is -2.19. The third-order valence-corrected chi connectivity index (χ3v) is 2.68. The number of aromatic nitrogens is 1. The smallest absolute Gasteiger partial charge is 0.0560 e. The molecule has 0 spiro atoms. The molecule has 1 saturated carbocycles. The summed E-state index contributed by atoms with van der Waals surface area (Å²) in [5.41, 5.74) is 7.74. The van der Waals surface area contributed by atoms with Crippen molar-refractivity contribution in [3.05, 3.63) is 24.0 Å². The van der Waals surface area contributed by atoms with E-state index in [4.69, 9.17) is 5.73 Å². The Morgan fingerprint density at radius 3 is 3.00 bits per heavy atom. The topological polar surface area (TPSA) is 42.2 Å². The first kappa shape index (κ1) is 9.46. The summed E-state index contributed by atoms with van der Waals surface area (Å²) in [5.74, 6) is 0.912. The number of hydrogen-bond acceptors (Lipinski definition) is 3. The molecule has 0 radical (unpaired) electrons. The van der Waals surface area contributed by atoms with Crippen LogP contribution in [0.1, 0.15) is 18.5 Å². The van der Waals surface area contributed by atoms with E-state index in [-0.39, 0.29) is 0 Å². The highest BCUT2D eigenvalue weighted by Crippen LogP contribution is 2.30. The lowest BCUT2D eigenvalue weighted by atomic mass is 10.3. The Labute approximate surface area is 84.9 Å². The zero-order chi connectivity index (χ0) is 9.97. The van der Waals surface area contributed by atoms with Gasteiger partial charge in [-0.15, -0.1) is 0 Å². The van der Waals surface area contributed by atoms with Gasteiger partial charge in [0, 0.05) is 32.0 Å². The van der Waals surface area contributed by atoms with Crippen molar-refractivity contribution in [2.75, 3.05) is 18.5 Å². The van der Waals surface area contributed by atoms with Crippen LogP contribution in [0.2, 0.25) is 0 Å². The van der Waals surface area contributed by atoms with E-state index in [1.54, 1.807) is 0 Å². The number of hydrogen-bond donors (Lipinski definition) is 1. The van der Waals surface area contributed by atoms with Crippen LogP contribution in [0.5, 0.6) is 0 Å². The fraction of sp³-hybridized carbons (Fsp3) is 0.545. The largest absolute Gasteiger partial charge is 0.374 e. The minimum atomic E-state index is 0.519. The van der Waals surface area contributed by atoms with Crippen LogP contribution in [0.25, 0.3) is 0 Å². The summed E-state index contributed by atoms with van der Waals surface area (Å²) in [6, 6.07) is 4.12. The van der Waals surface area contributed by atoms with Gasteiger partial charge in [0.15, 0.2) is 0 Å². The molecular formula is C11H17N3. The fourth-order valence-electron chi connectivity index (χ4n) is 1.61. The molecule has 1 aliphatic rings. The van der Waals surface area contributed by atoms with E-state index in [1.807, 2.05) is 12.3 Å². The average molecular weight is 191 g/mol. The summed E-state index contributed by atoms with van der Waals surface area (Å²) in [5, 5.41) is 0. The standard InChI is InChI=1S/C11H17N3/c1-14(8-9-2-3-9)11-4-5-13-10(6-11)7-12/h4-6,9H,2-3,7-8,12H2,1H3. The molecule has 0 aliphatic heterocycles. The molecule has 0 atom stereocenters. The molecule has 0 saturated heterocycles. The van der Waals surface area contributed by atoms with E-state index >= 15 is 0 Å². The molecule has 0 bridgehead atoms. The van der Waals surface area contributed by atoms with Crippen molar-refractivity contribution in [3.8, 4) is 0 Å². The van der Waals surface area contributed by atoms with Crippen LogP contribution < -0.4 is 10.6 Å². The Bertz CT molecular complexity index is 307. The van der Waals surface area contributed by atoms with Gasteiger partial charge in [0.2, 0.25) is 0 Å². The SMILES string of the molecule is CN(CC1CC1)c1ccnc(CN)c1. The second-order valence-corrected chi connectivity index (χ2v) is 4.03. The Morgan fingerprint density at radius 2 is 2.36 bits per heavy atom. The van der Waals surface area contributed by atoms with Crippen LogP contribution in [0.15, 0.2) is 18.3 Å². The van der Waals surface area contributed by atoms with Gasteiger partial charge in [-0.2, -0.15) is 0 Å². The van der Waals surface area contributed by atoms with Gasteiger partial charge in [-0.05, 0) is 30.9 Å². The lowest BCUT2D eigenvalue weighted by molar-refractivity contribution is 0.785. The van der Waals surface area contributed by atoms with Crippen LogP contribution in [0.3, 0.4) is 0 Å². The van der Waals surface area contributed by atoms with Crippen molar-refractivity contribution in [2.24, 2.45) is 11.7 Å². The third kappa shape index (κ3) is 2.23. The summed E-state index contributed by atoms with van der Waals surface area (Å²) in [6.45, 7) is 1.68. The summed E-state index contributed by atoms with van der Waals surface area (Å²) >= 11 is 0. The highest BCUT2D eigenvalue weighted by atomic mass is 15.1. The van der Waals surface area contributed by atoms with Gasteiger partial charge in [-0.25, -0.2) is 0 Å². The van der Waals surface area contributed by atoms with Crippen molar-refractivity contribution in [3.63, 3.8) is 0 Å². The molecule has 1 aromatic rings. The molecule has 2 rings (SSSR count). The van der Waals surface area contributed by atoms with Crippen molar-refractivity contribution in [1.82, 2.24) is 4.98 Å². The summed E-state index contributed by atoms with van der Waals surface area (Å²) in [6.07, 6.45) is 4.61. The molecule has 0 unspecified atom stereocenters. The van der Waals surface area contributed by atoms with E-state index in [1.165, 1.54) is 18.5 Å². The quantitative estimate of drug-likeness (QED) is 0.782. The molecule has 76 valence electrons. The number of pyridine rings is 1. The van der Waals surface area contributed by atoms with Crippen molar-refractivity contribution < 1.29 is 0 Å². The minimum absolute atomic E-state index is 0.519. The first-order valence-corrected chi connectivity index (χ1v) is 5.15. The van der Waals surface area contributed by atoms with Crippen LogP contribution in [-0.2, 0) is 6.54 Å². The predicted molar refractivity (Wildman–Crippen MR) is 58.1 cm³/mol. The van der Waals surface area contributed by atoms with Crippen LogP contribution in [-0.4, -0.2) is 18.6 Å². The Balaban J connectivity index is 2.05. The van der Waals surface area contributed by atoms with Gasteiger partial charge in [0.25, 0.3) is 0 Å². The predicted octanol–water partition coefficient (Wildman–Crippen LogP) is 1.39. The number of anilines is 1. The van der Waals surface area contributed by atoms with Crippen molar-refractivity contribution in [2.45, 2.75) is 19.4 Å². The molecule has 2 N–H and O–H groups in total. The Hall–Kier alpha value is -1.09. The zero-order valence-corrected chi connectivity index (χ0v) is 8.61. The van der Waals surface area contributed by atoms with Gasteiger partial charge in [-0.1, -0.05) is 0 Å². The second kappa shape index (κ2) is 3.96. The molecule has 1 fully saturated rings. The van der Waals surface area contributed by atoms with Crippen molar-refractivity contribution >= 4 is 5.69 Å². The Kier molecular flexibility index (Phi) is 2.68. The fourth-order valence-corrected chi connectivity index (χ4v) is 1.61. The normalized spacial score (nSPS) is 15.6. The second-order valence-electron chi connectivity index (χ2n) is 4.03. The highest BCUT2D eigenvalue weighted by Gasteiger charge is 2.22. The number of nitrogens with two attached hydrogens (primary N) is 1. The maximum Gasteiger partial charge on any atom is 0.0560 e. The summed E-state index contributed by atoms with van der Waals surface area (Å²) < 4.78 is 0. The molecule has 0 aromatic carbocycles. The molecule has 14 heavy (non-hydrogen) atoms. The van der Waals surface area contributed by atoms with Gasteiger partial charge in [0.1, 0.15) is 0 Å². The molecular weight excluding hydrogens is 174 g/mol. The van der Waals surface area contributed by atoms with E-state index in [9.17, 15) is 0 Å². The molecule has 1 aromatic heterocycles. The van der Waals surface area contributed by atoms with Crippen LogP contribution in [0.4, 0.5) is 5.69 Å².